The van der Waals surface area contributed by atoms with E-state index in [9.17, 15) is 28.1 Å². The molecule has 10 nitrogen and oxygen atoms in total. The lowest BCUT2D eigenvalue weighted by Gasteiger charge is -2.34. The second kappa shape index (κ2) is 14.9. The highest BCUT2D eigenvalue weighted by Crippen LogP contribution is 2.30. The van der Waals surface area contributed by atoms with Gasteiger partial charge >= 0.3 is 0 Å². The molecule has 3 aromatic rings. The smallest absolute Gasteiger partial charge is 0.271 e. The summed E-state index contributed by atoms with van der Waals surface area (Å²) in [7, 11) is -4.38. The van der Waals surface area contributed by atoms with Crippen LogP contribution in [0, 0.1) is 10.1 Å². The Morgan fingerprint density at radius 1 is 0.977 bits per heavy atom. The van der Waals surface area contributed by atoms with Gasteiger partial charge in [-0.2, -0.15) is 0 Å². The number of carbonyl (C=O) groups is 2. The van der Waals surface area contributed by atoms with Gasteiger partial charge in [-0.3, -0.25) is 24.0 Å². The molecule has 1 saturated carbocycles. The predicted molar refractivity (Wildman–Crippen MR) is 170 cm³/mol. The summed E-state index contributed by atoms with van der Waals surface area (Å²) in [5, 5.41) is 15.2. The van der Waals surface area contributed by atoms with E-state index in [2.05, 4.69) is 5.32 Å². The molecule has 0 saturated heterocycles. The maximum absolute atomic E-state index is 14.3. The summed E-state index contributed by atoms with van der Waals surface area (Å²) in [6.07, 6.45) is 4.99. The summed E-state index contributed by atoms with van der Waals surface area (Å²) in [6.45, 7) is 0.856. The first-order valence-corrected chi connectivity index (χ1v) is 16.6. The van der Waals surface area contributed by atoms with E-state index < -0.39 is 33.4 Å². The van der Waals surface area contributed by atoms with Crippen molar-refractivity contribution in [1.82, 2.24) is 10.2 Å². The van der Waals surface area contributed by atoms with Gasteiger partial charge in [0.25, 0.3) is 15.7 Å². The van der Waals surface area contributed by atoms with Gasteiger partial charge in [-0.25, -0.2) is 8.42 Å². The van der Waals surface area contributed by atoms with Crippen LogP contribution in [0.2, 0.25) is 10.0 Å². The van der Waals surface area contributed by atoms with Crippen molar-refractivity contribution in [3.8, 4) is 0 Å². The maximum Gasteiger partial charge on any atom is 0.271 e. The van der Waals surface area contributed by atoms with E-state index in [1.165, 1.54) is 47.4 Å². The van der Waals surface area contributed by atoms with Gasteiger partial charge in [0.1, 0.15) is 12.6 Å². The second-order valence-electron chi connectivity index (χ2n) is 10.6. The summed E-state index contributed by atoms with van der Waals surface area (Å²) in [4.78, 5) is 40.0. The number of amides is 2. The second-order valence-corrected chi connectivity index (χ2v) is 13.3. The molecule has 2 amide bonds. The Hall–Kier alpha value is -3.67. The van der Waals surface area contributed by atoms with Gasteiger partial charge in [-0.15, -0.1) is 0 Å². The molecule has 234 valence electrons. The maximum atomic E-state index is 14.3. The van der Waals surface area contributed by atoms with E-state index >= 15 is 0 Å². The lowest BCUT2D eigenvalue weighted by atomic mass is 9.95. The number of nitrogens with one attached hydrogen (secondary N) is 1. The number of anilines is 1. The van der Waals surface area contributed by atoms with E-state index in [1.807, 2.05) is 0 Å². The number of benzene rings is 3. The first-order valence-electron chi connectivity index (χ1n) is 14.4. The number of halogens is 2. The van der Waals surface area contributed by atoms with E-state index in [1.54, 1.807) is 31.2 Å². The zero-order valence-corrected chi connectivity index (χ0v) is 26.5. The summed E-state index contributed by atoms with van der Waals surface area (Å²) in [5.41, 5.74) is -0.0195. The molecule has 0 radical (unpaired) electrons. The highest BCUT2D eigenvalue weighted by molar-refractivity contribution is 7.92. The molecule has 0 aromatic heterocycles. The van der Waals surface area contributed by atoms with Crippen LogP contribution in [0.1, 0.15) is 51.0 Å². The van der Waals surface area contributed by atoms with Gasteiger partial charge in [0, 0.05) is 40.3 Å². The van der Waals surface area contributed by atoms with E-state index in [0.29, 0.717) is 5.56 Å². The number of nitro groups is 1. The molecule has 1 N–H and O–H groups in total. The van der Waals surface area contributed by atoms with E-state index in [0.717, 1.165) is 42.5 Å². The largest absolute Gasteiger partial charge is 0.352 e. The number of non-ortho nitro benzene ring substituents is 1. The van der Waals surface area contributed by atoms with Crippen molar-refractivity contribution in [3.05, 3.63) is 98.5 Å². The Morgan fingerprint density at radius 2 is 1.61 bits per heavy atom. The number of nitro benzene ring substituents is 1. The van der Waals surface area contributed by atoms with E-state index in [4.69, 9.17) is 23.2 Å². The van der Waals surface area contributed by atoms with Crippen LogP contribution in [0.15, 0.2) is 77.7 Å². The fraction of sp³-hybridized carbons (Fsp3) is 0.355. The van der Waals surface area contributed by atoms with Gasteiger partial charge in [0.15, 0.2) is 0 Å². The highest BCUT2D eigenvalue weighted by atomic mass is 35.5. The Kier molecular flexibility index (Phi) is 11.2. The zero-order valence-electron chi connectivity index (χ0n) is 24.2. The van der Waals surface area contributed by atoms with Gasteiger partial charge in [0.2, 0.25) is 11.8 Å². The molecule has 0 unspecified atom stereocenters. The monoisotopic (exact) mass is 660 g/mol. The number of hydrogen-bond donors (Lipinski definition) is 1. The van der Waals surface area contributed by atoms with Gasteiger partial charge in [0.05, 0.1) is 15.5 Å². The molecule has 3 aromatic carbocycles. The van der Waals surface area contributed by atoms with Crippen molar-refractivity contribution in [1.29, 1.82) is 0 Å². The van der Waals surface area contributed by atoms with Gasteiger partial charge in [-0.1, -0.05) is 79.7 Å². The van der Waals surface area contributed by atoms with Crippen LogP contribution < -0.4 is 9.62 Å². The van der Waals surface area contributed by atoms with Gasteiger partial charge in [-0.05, 0) is 49.6 Å². The Labute approximate surface area is 267 Å². The predicted octanol–water partition coefficient (Wildman–Crippen LogP) is 6.35. The molecule has 1 aliphatic carbocycles. The molecule has 4 rings (SSSR count). The quantitative estimate of drug-likeness (QED) is 0.178. The van der Waals surface area contributed by atoms with Crippen LogP contribution in [-0.2, 0) is 26.2 Å². The number of rotatable bonds is 12. The molecule has 0 spiro atoms. The summed E-state index contributed by atoms with van der Waals surface area (Å²) >= 11 is 12.9. The Bertz CT molecular complexity index is 1580. The SMILES string of the molecule is CC[C@H](C(=O)NC1CCCCC1)N(Cc1c(Cl)cccc1Cl)C(=O)CN(c1cccc([N+](=O)[O-])c1)S(=O)(=O)c1ccccc1. The first kappa shape index (κ1) is 33.2. The topological polar surface area (TPSA) is 130 Å². The molecule has 0 aliphatic heterocycles. The molecule has 44 heavy (non-hydrogen) atoms. The third-order valence-corrected chi connectivity index (χ3v) is 10.2. The van der Waals surface area contributed by atoms with Crippen molar-refractivity contribution in [3.63, 3.8) is 0 Å². The van der Waals surface area contributed by atoms with Crippen molar-refractivity contribution in [2.75, 3.05) is 10.8 Å². The normalized spacial score (nSPS) is 14.4. The minimum atomic E-state index is -4.38. The average molecular weight is 662 g/mol. The van der Waals surface area contributed by atoms with Gasteiger partial charge < -0.3 is 10.2 Å². The van der Waals surface area contributed by atoms with E-state index in [-0.39, 0.29) is 51.2 Å². The molecule has 0 heterocycles. The van der Waals surface area contributed by atoms with Crippen molar-refractivity contribution < 1.29 is 22.9 Å². The average Bonchev–Trinajstić information content (AvgIpc) is 3.02. The van der Waals surface area contributed by atoms with Crippen LogP contribution in [0.3, 0.4) is 0 Å². The summed E-state index contributed by atoms with van der Waals surface area (Å²) < 4.78 is 28.7. The lowest BCUT2D eigenvalue weighted by Crippen LogP contribution is -2.54. The van der Waals surface area contributed by atoms with Crippen LogP contribution in [0.5, 0.6) is 0 Å². The molecule has 13 heteroatoms. The number of hydrogen-bond acceptors (Lipinski definition) is 6. The summed E-state index contributed by atoms with van der Waals surface area (Å²) in [5.74, 6) is -1.07. The van der Waals surface area contributed by atoms with Crippen molar-refractivity contribution in [2.24, 2.45) is 0 Å². The minimum absolute atomic E-state index is 0.0222. The summed E-state index contributed by atoms with van der Waals surface area (Å²) in [6, 6.07) is 16.4. The van der Waals surface area contributed by atoms with Crippen molar-refractivity contribution >= 4 is 56.4 Å². The fourth-order valence-corrected chi connectivity index (χ4v) is 7.27. The molecule has 1 aliphatic rings. The number of nitrogens with zero attached hydrogens (tertiary/aromatic N) is 3. The fourth-order valence-electron chi connectivity index (χ4n) is 5.33. The van der Waals surface area contributed by atoms with Crippen LogP contribution in [0.4, 0.5) is 11.4 Å². The third-order valence-electron chi connectivity index (χ3n) is 7.67. The number of carbonyl (C=O) groups excluding carboxylic acids is 2. The lowest BCUT2D eigenvalue weighted by molar-refractivity contribution is -0.384. The first-order chi connectivity index (χ1) is 21.0. The number of sulfonamides is 1. The Balaban J connectivity index is 1.76. The zero-order chi connectivity index (χ0) is 31.9. The van der Waals surface area contributed by atoms with Crippen LogP contribution in [0.25, 0.3) is 0 Å². The minimum Gasteiger partial charge on any atom is -0.352 e. The third kappa shape index (κ3) is 7.88. The Morgan fingerprint density at radius 3 is 2.23 bits per heavy atom. The van der Waals surface area contributed by atoms with Crippen LogP contribution >= 0.6 is 23.2 Å². The molecular weight excluding hydrogens is 627 g/mol. The highest BCUT2D eigenvalue weighted by Gasteiger charge is 2.35. The standard InChI is InChI=1S/C31H34Cl2N4O6S/c1-2-29(31(39)34-22-11-5-3-6-12-22)35(20-26-27(32)17-10-18-28(26)33)30(38)21-36(23-13-9-14-24(19-23)37(40)41)44(42,43)25-15-7-4-8-16-25/h4,7-10,13-19,22,29H,2-3,5-6,11-12,20-21H2,1H3,(H,34,39)/t29-/m1/s1. The molecular formula is C31H34Cl2N4O6S. The molecule has 1 fully saturated rings. The molecule has 1 atom stereocenters. The molecule has 0 bridgehead atoms. The van der Waals surface area contributed by atoms with Crippen LogP contribution in [-0.4, -0.2) is 48.7 Å². The van der Waals surface area contributed by atoms with Crippen molar-refractivity contribution in [2.45, 2.75) is 69.0 Å².